The van der Waals surface area contributed by atoms with Gasteiger partial charge >= 0.3 is 0 Å². The van der Waals surface area contributed by atoms with Gasteiger partial charge in [-0.15, -0.1) is 0 Å². The number of rotatable bonds is 4. The zero-order valence-corrected chi connectivity index (χ0v) is 14.0. The summed E-state index contributed by atoms with van der Waals surface area (Å²) < 4.78 is 1.92. The fourth-order valence-corrected chi connectivity index (χ4v) is 2.46. The molecule has 2 aromatic rings. The molecule has 0 aliphatic rings. The first-order valence-electron chi connectivity index (χ1n) is 7.45. The minimum atomic E-state index is 0.0790. The van der Waals surface area contributed by atoms with Crippen molar-refractivity contribution >= 4 is 0 Å². The number of hydrogen-bond donors (Lipinski definition) is 1. The second-order valence-corrected chi connectivity index (χ2v) is 6.84. The fourth-order valence-electron chi connectivity index (χ4n) is 2.46. The molecule has 2 rings (SSSR count). The molecule has 114 valence electrons. The van der Waals surface area contributed by atoms with Gasteiger partial charge in [-0.2, -0.15) is 5.10 Å². The molecule has 0 spiro atoms. The van der Waals surface area contributed by atoms with Crippen molar-refractivity contribution in [2.24, 2.45) is 0 Å². The lowest BCUT2D eigenvalue weighted by Gasteiger charge is -2.19. The Morgan fingerprint density at radius 2 is 1.71 bits per heavy atom. The fraction of sp³-hybridized carbons (Fsp3) is 0.529. The van der Waals surface area contributed by atoms with E-state index < -0.39 is 0 Å². The molecule has 4 nitrogen and oxygen atoms in total. The highest BCUT2D eigenvalue weighted by Crippen LogP contribution is 2.17. The first-order valence-corrected chi connectivity index (χ1v) is 7.45. The number of nitrogens with one attached hydrogen (secondary N) is 1. The SMILES string of the molecule is Cc1cc(C)c(Cn2cnc(CNC(C)(C)C)n2)c(C)c1. The lowest BCUT2D eigenvalue weighted by Crippen LogP contribution is -2.35. The average Bonchev–Trinajstić information content (AvgIpc) is 2.78. The largest absolute Gasteiger partial charge is 0.305 e. The Bertz CT molecular complexity index is 597. The van der Waals surface area contributed by atoms with Crippen LogP contribution < -0.4 is 5.32 Å². The maximum atomic E-state index is 4.56. The Morgan fingerprint density at radius 1 is 1.10 bits per heavy atom. The molecule has 0 amide bonds. The highest BCUT2D eigenvalue weighted by molar-refractivity contribution is 5.37. The first kappa shape index (κ1) is 15.7. The van der Waals surface area contributed by atoms with Gasteiger partial charge in [0.2, 0.25) is 0 Å². The summed E-state index contributed by atoms with van der Waals surface area (Å²) in [5.41, 5.74) is 5.35. The Labute approximate surface area is 127 Å². The van der Waals surface area contributed by atoms with Crippen LogP contribution in [0.5, 0.6) is 0 Å². The molecular weight excluding hydrogens is 260 g/mol. The van der Waals surface area contributed by atoms with Crippen molar-refractivity contribution < 1.29 is 0 Å². The minimum absolute atomic E-state index is 0.0790. The molecule has 1 N–H and O–H groups in total. The van der Waals surface area contributed by atoms with Gasteiger partial charge in [-0.05, 0) is 58.2 Å². The van der Waals surface area contributed by atoms with Crippen molar-refractivity contribution in [2.45, 2.75) is 60.2 Å². The second-order valence-electron chi connectivity index (χ2n) is 6.84. The van der Waals surface area contributed by atoms with Gasteiger partial charge in [0.05, 0.1) is 13.1 Å². The Balaban J connectivity index is 2.10. The third-order valence-electron chi connectivity index (χ3n) is 3.52. The van der Waals surface area contributed by atoms with E-state index >= 15 is 0 Å². The molecule has 0 bridgehead atoms. The van der Waals surface area contributed by atoms with E-state index in [2.05, 4.69) is 69.1 Å². The van der Waals surface area contributed by atoms with Crippen LogP contribution in [0.1, 0.15) is 48.8 Å². The quantitative estimate of drug-likeness (QED) is 0.939. The van der Waals surface area contributed by atoms with Gasteiger partial charge in [0, 0.05) is 5.54 Å². The van der Waals surface area contributed by atoms with Gasteiger partial charge in [-0.3, -0.25) is 0 Å². The van der Waals surface area contributed by atoms with Crippen molar-refractivity contribution in [3.63, 3.8) is 0 Å². The summed E-state index contributed by atoms with van der Waals surface area (Å²) in [6.07, 6.45) is 1.82. The molecular formula is C17H26N4. The molecule has 0 radical (unpaired) electrons. The molecule has 0 unspecified atom stereocenters. The van der Waals surface area contributed by atoms with Crippen molar-refractivity contribution in [2.75, 3.05) is 0 Å². The maximum absolute atomic E-state index is 4.56. The maximum Gasteiger partial charge on any atom is 0.164 e. The van der Waals surface area contributed by atoms with Gasteiger partial charge in [0.25, 0.3) is 0 Å². The highest BCUT2D eigenvalue weighted by Gasteiger charge is 2.11. The van der Waals surface area contributed by atoms with Crippen LogP contribution in [0.3, 0.4) is 0 Å². The van der Waals surface area contributed by atoms with E-state index in [1.807, 2.05) is 11.0 Å². The van der Waals surface area contributed by atoms with Gasteiger partial charge in [0.15, 0.2) is 5.82 Å². The summed E-state index contributed by atoms with van der Waals surface area (Å²) in [5, 5.41) is 7.96. The summed E-state index contributed by atoms with van der Waals surface area (Å²) in [6.45, 7) is 14.4. The number of nitrogens with zero attached hydrogens (tertiary/aromatic N) is 3. The molecule has 0 aliphatic heterocycles. The van der Waals surface area contributed by atoms with Crippen LogP contribution in [0.15, 0.2) is 18.5 Å². The predicted molar refractivity (Wildman–Crippen MR) is 86.4 cm³/mol. The first-order chi connectivity index (χ1) is 9.74. The van der Waals surface area contributed by atoms with Gasteiger partial charge in [-0.25, -0.2) is 9.67 Å². The highest BCUT2D eigenvalue weighted by atomic mass is 15.3. The smallest absolute Gasteiger partial charge is 0.164 e. The number of hydrogen-bond acceptors (Lipinski definition) is 3. The van der Waals surface area contributed by atoms with Crippen LogP contribution in [0.2, 0.25) is 0 Å². The van der Waals surface area contributed by atoms with Gasteiger partial charge in [-0.1, -0.05) is 17.7 Å². The van der Waals surface area contributed by atoms with E-state index in [0.29, 0.717) is 6.54 Å². The van der Waals surface area contributed by atoms with E-state index in [1.54, 1.807) is 0 Å². The van der Waals surface area contributed by atoms with E-state index in [1.165, 1.54) is 22.3 Å². The predicted octanol–water partition coefficient (Wildman–Crippen LogP) is 3.14. The Kier molecular flexibility index (Phi) is 4.47. The lowest BCUT2D eigenvalue weighted by atomic mass is 10.00. The van der Waals surface area contributed by atoms with E-state index in [9.17, 15) is 0 Å². The van der Waals surface area contributed by atoms with Crippen molar-refractivity contribution in [3.05, 3.63) is 46.5 Å². The van der Waals surface area contributed by atoms with Crippen molar-refractivity contribution in [1.29, 1.82) is 0 Å². The van der Waals surface area contributed by atoms with Gasteiger partial charge < -0.3 is 5.32 Å². The molecule has 1 heterocycles. The summed E-state index contributed by atoms with van der Waals surface area (Å²) in [5.74, 6) is 0.840. The third-order valence-corrected chi connectivity index (χ3v) is 3.52. The molecule has 0 aliphatic carbocycles. The average molecular weight is 286 g/mol. The summed E-state index contributed by atoms with van der Waals surface area (Å²) in [7, 11) is 0. The molecule has 0 atom stereocenters. The normalized spacial score (nSPS) is 11.9. The molecule has 0 fully saturated rings. The second kappa shape index (κ2) is 5.98. The van der Waals surface area contributed by atoms with E-state index in [0.717, 1.165) is 12.4 Å². The van der Waals surface area contributed by atoms with Crippen LogP contribution in [0.4, 0.5) is 0 Å². The van der Waals surface area contributed by atoms with Crippen LogP contribution in [-0.2, 0) is 13.1 Å². The van der Waals surface area contributed by atoms with Crippen LogP contribution in [0, 0.1) is 20.8 Å². The summed E-state index contributed by atoms with van der Waals surface area (Å²) in [4.78, 5) is 4.38. The van der Waals surface area contributed by atoms with Gasteiger partial charge in [0.1, 0.15) is 6.33 Å². The summed E-state index contributed by atoms with van der Waals surface area (Å²) in [6, 6.07) is 4.45. The topological polar surface area (TPSA) is 42.7 Å². The molecule has 4 heteroatoms. The van der Waals surface area contributed by atoms with Crippen LogP contribution in [-0.4, -0.2) is 20.3 Å². The molecule has 1 aromatic carbocycles. The Morgan fingerprint density at radius 3 is 2.29 bits per heavy atom. The third kappa shape index (κ3) is 4.39. The van der Waals surface area contributed by atoms with E-state index in [-0.39, 0.29) is 5.54 Å². The van der Waals surface area contributed by atoms with Crippen LogP contribution >= 0.6 is 0 Å². The van der Waals surface area contributed by atoms with Crippen molar-refractivity contribution in [1.82, 2.24) is 20.1 Å². The number of aromatic nitrogens is 3. The number of aryl methyl sites for hydroxylation is 3. The van der Waals surface area contributed by atoms with E-state index in [4.69, 9.17) is 0 Å². The minimum Gasteiger partial charge on any atom is -0.305 e. The molecule has 1 aromatic heterocycles. The monoisotopic (exact) mass is 286 g/mol. The zero-order valence-electron chi connectivity index (χ0n) is 14.0. The number of benzene rings is 1. The lowest BCUT2D eigenvalue weighted by molar-refractivity contribution is 0.417. The molecule has 0 saturated carbocycles. The van der Waals surface area contributed by atoms with Crippen molar-refractivity contribution in [3.8, 4) is 0 Å². The summed E-state index contributed by atoms with van der Waals surface area (Å²) >= 11 is 0. The standard InChI is InChI=1S/C17H26N4/c1-12-7-13(2)15(14(3)8-12)10-21-11-18-16(20-21)9-19-17(4,5)6/h7-8,11,19H,9-10H2,1-6H3. The molecule has 0 saturated heterocycles. The Hall–Kier alpha value is -1.68. The molecule has 21 heavy (non-hydrogen) atoms. The van der Waals surface area contributed by atoms with Crippen LogP contribution in [0.25, 0.3) is 0 Å². The zero-order chi connectivity index (χ0) is 15.6.